The van der Waals surface area contributed by atoms with Gasteiger partial charge in [-0.3, -0.25) is 4.99 Å². The molecule has 2 N–H and O–H groups in total. The third-order valence-corrected chi connectivity index (χ3v) is 4.51. The summed E-state index contributed by atoms with van der Waals surface area (Å²) in [5.41, 5.74) is 3.18. The Kier molecular flexibility index (Phi) is 8.39. The maximum atomic E-state index is 5.59. The molecule has 0 bridgehead atoms. The number of aryl methyl sites for hydroxylation is 1. The van der Waals surface area contributed by atoms with Gasteiger partial charge in [0.25, 0.3) is 0 Å². The number of nitrogens with zero attached hydrogens (tertiary/aromatic N) is 2. The number of rotatable bonds is 9. The highest BCUT2D eigenvalue weighted by molar-refractivity contribution is 7.98. The summed E-state index contributed by atoms with van der Waals surface area (Å²) in [6.07, 6.45) is 7.05. The minimum absolute atomic E-state index is 0.673. The first kappa shape index (κ1) is 19.4. The van der Waals surface area contributed by atoms with Gasteiger partial charge in [-0.2, -0.15) is 11.8 Å². The molecule has 1 aromatic heterocycles. The lowest BCUT2D eigenvalue weighted by atomic mass is 10.1. The molecule has 0 aliphatic carbocycles. The summed E-state index contributed by atoms with van der Waals surface area (Å²) in [7, 11) is 1.79. The van der Waals surface area contributed by atoms with E-state index < -0.39 is 0 Å². The van der Waals surface area contributed by atoms with Crippen LogP contribution in [0.5, 0.6) is 0 Å². The van der Waals surface area contributed by atoms with Crippen molar-refractivity contribution in [3.05, 3.63) is 41.8 Å². The van der Waals surface area contributed by atoms with Crippen LogP contribution in [0, 0.1) is 6.92 Å². The van der Waals surface area contributed by atoms with Crippen LogP contribution in [0.4, 0.5) is 0 Å². The van der Waals surface area contributed by atoms with Crippen molar-refractivity contribution in [2.24, 2.45) is 4.99 Å². The summed E-state index contributed by atoms with van der Waals surface area (Å²) in [6, 6.07) is 8.20. The van der Waals surface area contributed by atoms with Gasteiger partial charge >= 0.3 is 0 Å². The van der Waals surface area contributed by atoms with E-state index in [1.807, 2.05) is 23.9 Å². The van der Waals surface area contributed by atoms with E-state index in [4.69, 9.17) is 4.42 Å². The topological polar surface area (TPSA) is 62.5 Å². The predicted molar refractivity (Wildman–Crippen MR) is 107 cm³/mol. The first-order valence-electron chi connectivity index (χ1n) is 8.68. The number of nitrogens with one attached hydrogen (secondary N) is 2. The zero-order valence-corrected chi connectivity index (χ0v) is 16.2. The minimum atomic E-state index is 0.673. The molecule has 0 aliphatic rings. The number of guanidine groups is 1. The van der Waals surface area contributed by atoms with E-state index in [-0.39, 0.29) is 0 Å². The molecular weight excluding hydrogens is 332 g/mol. The monoisotopic (exact) mass is 360 g/mol. The Labute approximate surface area is 154 Å². The van der Waals surface area contributed by atoms with Crippen LogP contribution in [0.25, 0.3) is 11.5 Å². The van der Waals surface area contributed by atoms with Crippen LogP contribution in [0.1, 0.15) is 24.1 Å². The third kappa shape index (κ3) is 6.82. The summed E-state index contributed by atoms with van der Waals surface area (Å²) >= 11 is 1.89. The number of hydrogen-bond acceptors (Lipinski definition) is 4. The van der Waals surface area contributed by atoms with Gasteiger partial charge in [0.15, 0.2) is 5.96 Å². The van der Waals surface area contributed by atoms with Gasteiger partial charge < -0.3 is 15.1 Å². The van der Waals surface area contributed by atoms with Crippen LogP contribution >= 0.6 is 11.8 Å². The Morgan fingerprint density at radius 2 is 1.92 bits per heavy atom. The van der Waals surface area contributed by atoms with E-state index in [9.17, 15) is 0 Å². The smallest absolute Gasteiger partial charge is 0.226 e. The highest BCUT2D eigenvalue weighted by Gasteiger charge is 2.06. The molecule has 0 saturated carbocycles. The second kappa shape index (κ2) is 10.8. The Morgan fingerprint density at radius 1 is 1.16 bits per heavy atom. The fraction of sp³-hybridized carbons (Fsp3) is 0.474. The van der Waals surface area contributed by atoms with Crippen molar-refractivity contribution in [1.29, 1.82) is 0 Å². The van der Waals surface area contributed by atoms with Gasteiger partial charge in [0.05, 0.1) is 5.69 Å². The van der Waals surface area contributed by atoms with Gasteiger partial charge in [0.2, 0.25) is 5.89 Å². The zero-order valence-electron chi connectivity index (χ0n) is 15.3. The zero-order chi connectivity index (χ0) is 17.9. The summed E-state index contributed by atoms with van der Waals surface area (Å²) in [5.74, 6) is 2.72. The molecule has 2 rings (SSSR count). The molecule has 0 fully saturated rings. The van der Waals surface area contributed by atoms with Gasteiger partial charge in [-0.05, 0) is 43.9 Å². The SMILES string of the molecule is CN=C(NCCCCSC)NCCc1coc(-c2ccc(C)cc2)n1. The van der Waals surface area contributed by atoms with Gasteiger partial charge in [0.1, 0.15) is 6.26 Å². The molecule has 0 aliphatic heterocycles. The average molecular weight is 361 g/mol. The lowest BCUT2D eigenvalue weighted by molar-refractivity contribution is 0.572. The number of oxazole rings is 1. The molecule has 6 heteroatoms. The molecule has 0 amide bonds. The molecule has 25 heavy (non-hydrogen) atoms. The fourth-order valence-corrected chi connectivity index (χ4v) is 2.85. The van der Waals surface area contributed by atoms with Crippen molar-refractivity contribution in [2.45, 2.75) is 26.2 Å². The van der Waals surface area contributed by atoms with E-state index >= 15 is 0 Å². The van der Waals surface area contributed by atoms with Gasteiger partial charge in [-0.15, -0.1) is 0 Å². The highest BCUT2D eigenvalue weighted by atomic mass is 32.2. The molecule has 136 valence electrons. The number of hydrogen-bond donors (Lipinski definition) is 2. The fourth-order valence-electron chi connectivity index (χ4n) is 2.36. The summed E-state index contributed by atoms with van der Waals surface area (Å²) in [5, 5.41) is 6.65. The van der Waals surface area contributed by atoms with Gasteiger partial charge in [-0.25, -0.2) is 4.98 Å². The van der Waals surface area contributed by atoms with Gasteiger partial charge in [0, 0.05) is 32.1 Å². The van der Waals surface area contributed by atoms with Crippen molar-refractivity contribution >= 4 is 17.7 Å². The van der Waals surface area contributed by atoms with Crippen LogP contribution < -0.4 is 10.6 Å². The number of aliphatic imine (C=N–C) groups is 1. The Balaban J connectivity index is 1.73. The van der Waals surface area contributed by atoms with Crippen LogP contribution in [-0.4, -0.2) is 43.1 Å². The summed E-state index contributed by atoms with van der Waals surface area (Å²) in [4.78, 5) is 8.80. The van der Waals surface area contributed by atoms with Crippen LogP contribution in [0.2, 0.25) is 0 Å². The Hall–Kier alpha value is -1.95. The molecule has 0 atom stereocenters. The first-order valence-corrected chi connectivity index (χ1v) is 10.1. The van der Waals surface area contributed by atoms with Crippen molar-refractivity contribution < 1.29 is 4.42 Å². The summed E-state index contributed by atoms with van der Waals surface area (Å²) < 4.78 is 5.59. The van der Waals surface area contributed by atoms with Crippen molar-refractivity contribution in [2.75, 3.05) is 32.1 Å². The lowest BCUT2D eigenvalue weighted by Crippen LogP contribution is -2.38. The van der Waals surface area contributed by atoms with Gasteiger partial charge in [-0.1, -0.05) is 17.7 Å². The van der Waals surface area contributed by atoms with E-state index in [0.717, 1.165) is 43.1 Å². The average Bonchev–Trinajstić information content (AvgIpc) is 3.09. The van der Waals surface area contributed by atoms with E-state index in [2.05, 4.69) is 45.9 Å². The van der Waals surface area contributed by atoms with E-state index in [0.29, 0.717) is 5.89 Å². The normalized spacial score (nSPS) is 11.6. The Bertz CT molecular complexity index is 652. The molecule has 0 radical (unpaired) electrons. The molecule has 0 unspecified atom stereocenters. The maximum absolute atomic E-state index is 5.59. The van der Waals surface area contributed by atoms with E-state index in [1.165, 1.54) is 17.7 Å². The first-order chi connectivity index (χ1) is 12.2. The number of thioether (sulfide) groups is 1. The van der Waals surface area contributed by atoms with Crippen LogP contribution in [-0.2, 0) is 6.42 Å². The molecule has 5 nitrogen and oxygen atoms in total. The molecule has 0 saturated heterocycles. The minimum Gasteiger partial charge on any atom is -0.444 e. The number of benzene rings is 1. The quantitative estimate of drug-likeness (QED) is 0.407. The van der Waals surface area contributed by atoms with Crippen LogP contribution in [0.15, 0.2) is 39.9 Å². The predicted octanol–water partition coefficient (Wildman–Crippen LogP) is 3.50. The molecule has 2 aromatic rings. The van der Waals surface area contributed by atoms with Crippen molar-refractivity contribution in [3.63, 3.8) is 0 Å². The number of unbranched alkanes of at least 4 members (excludes halogenated alkanes) is 1. The Morgan fingerprint density at radius 3 is 2.64 bits per heavy atom. The molecule has 0 spiro atoms. The molecule has 1 aromatic carbocycles. The maximum Gasteiger partial charge on any atom is 0.226 e. The summed E-state index contributed by atoms with van der Waals surface area (Å²) in [6.45, 7) is 3.78. The highest BCUT2D eigenvalue weighted by Crippen LogP contribution is 2.19. The third-order valence-electron chi connectivity index (χ3n) is 3.82. The molecular formula is C19H28N4OS. The second-order valence-electron chi connectivity index (χ2n) is 5.89. The largest absolute Gasteiger partial charge is 0.444 e. The van der Waals surface area contributed by atoms with Crippen molar-refractivity contribution in [1.82, 2.24) is 15.6 Å². The number of aromatic nitrogens is 1. The molecule has 1 heterocycles. The standard InChI is InChI=1S/C19H28N4OS/c1-15-6-8-16(9-7-15)18-23-17(14-24-18)10-12-22-19(20-2)21-11-4-5-13-25-3/h6-9,14H,4-5,10-13H2,1-3H3,(H2,20,21,22). The van der Waals surface area contributed by atoms with Crippen molar-refractivity contribution in [3.8, 4) is 11.5 Å². The lowest BCUT2D eigenvalue weighted by Gasteiger charge is -2.10. The van der Waals surface area contributed by atoms with E-state index in [1.54, 1.807) is 13.3 Å². The van der Waals surface area contributed by atoms with Crippen LogP contribution in [0.3, 0.4) is 0 Å². The second-order valence-corrected chi connectivity index (χ2v) is 6.87.